The molecule has 5 nitrogen and oxygen atoms in total. The number of hydrogen-bond acceptors (Lipinski definition) is 4. The second-order valence-corrected chi connectivity index (χ2v) is 9.05. The third-order valence-corrected chi connectivity index (χ3v) is 6.43. The molecule has 0 N–H and O–H groups in total. The summed E-state index contributed by atoms with van der Waals surface area (Å²) < 4.78 is 66.5. The van der Waals surface area contributed by atoms with Gasteiger partial charge in [-0.15, -0.1) is 0 Å². The van der Waals surface area contributed by atoms with Crippen molar-refractivity contribution in [3.63, 3.8) is 0 Å². The summed E-state index contributed by atoms with van der Waals surface area (Å²) in [5.41, 5.74) is 1.38. The zero-order valence-corrected chi connectivity index (χ0v) is 20.3. The van der Waals surface area contributed by atoms with Gasteiger partial charge in [0, 0.05) is 24.0 Å². The Hall–Kier alpha value is -3.62. The van der Waals surface area contributed by atoms with Gasteiger partial charge < -0.3 is 9.47 Å². The average molecular weight is 503 g/mol. The van der Waals surface area contributed by atoms with Crippen molar-refractivity contribution in [1.29, 1.82) is 0 Å². The monoisotopic (exact) mass is 502 g/mol. The maximum Gasteiger partial charge on any atom is 0.416 e. The van der Waals surface area contributed by atoms with Crippen LogP contribution in [-0.2, 0) is 17.5 Å². The lowest BCUT2D eigenvalue weighted by molar-refractivity contribution is -0.137. The number of pyridine rings is 1. The Morgan fingerprint density at radius 2 is 1.78 bits per heavy atom. The highest BCUT2D eigenvalue weighted by molar-refractivity contribution is 5.76. The Morgan fingerprint density at radius 1 is 1.08 bits per heavy atom. The van der Waals surface area contributed by atoms with Crippen molar-refractivity contribution in [2.45, 2.75) is 51.6 Å². The van der Waals surface area contributed by atoms with Crippen molar-refractivity contribution in [2.24, 2.45) is 0 Å². The highest BCUT2D eigenvalue weighted by atomic mass is 19.4. The van der Waals surface area contributed by atoms with Crippen LogP contribution >= 0.6 is 0 Å². The van der Waals surface area contributed by atoms with Crippen LogP contribution in [0.3, 0.4) is 0 Å². The minimum atomic E-state index is -4.58. The maximum atomic E-state index is 14.6. The standard InChI is InChI=1S/C27H26F4N2O3/c1-15(2)21-12-22(24(35-4)13-23(21)28)20-6-5-19(27(29,30)31)11-18(20)14-33-16(3)25(36-26(33)34)17-7-9-32-10-8-17/h5-13,15-16,25H,14H2,1-4H3/t16-,25?/m0/s1. The number of aromatic nitrogens is 1. The predicted molar refractivity (Wildman–Crippen MR) is 126 cm³/mol. The van der Waals surface area contributed by atoms with Gasteiger partial charge in [-0.2, -0.15) is 13.2 Å². The van der Waals surface area contributed by atoms with E-state index in [9.17, 15) is 22.4 Å². The van der Waals surface area contributed by atoms with Crippen LogP contribution in [0.25, 0.3) is 11.1 Å². The van der Waals surface area contributed by atoms with Crippen molar-refractivity contribution in [3.8, 4) is 16.9 Å². The van der Waals surface area contributed by atoms with E-state index in [2.05, 4.69) is 4.98 Å². The van der Waals surface area contributed by atoms with Gasteiger partial charge >= 0.3 is 12.3 Å². The topological polar surface area (TPSA) is 51.7 Å². The molecule has 0 spiro atoms. The summed E-state index contributed by atoms with van der Waals surface area (Å²) in [6, 6.07) is 9.16. The van der Waals surface area contributed by atoms with Gasteiger partial charge in [-0.3, -0.25) is 9.88 Å². The quantitative estimate of drug-likeness (QED) is 0.337. The highest BCUT2D eigenvalue weighted by Crippen LogP contribution is 2.41. The number of benzene rings is 2. The molecule has 1 saturated heterocycles. The summed E-state index contributed by atoms with van der Waals surface area (Å²) in [6.07, 6.45) is -2.66. The molecule has 1 aliphatic heterocycles. The zero-order chi connectivity index (χ0) is 26.2. The Labute approximate surface area is 206 Å². The van der Waals surface area contributed by atoms with Crippen molar-refractivity contribution in [3.05, 3.63) is 82.9 Å². The minimum absolute atomic E-state index is 0.140. The van der Waals surface area contributed by atoms with E-state index in [-0.39, 0.29) is 23.8 Å². The fourth-order valence-corrected chi connectivity index (χ4v) is 4.45. The Morgan fingerprint density at radius 3 is 2.39 bits per heavy atom. The van der Waals surface area contributed by atoms with Gasteiger partial charge in [0.1, 0.15) is 17.7 Å². The van der Waals surface area contributed by atoms with Gasteiger partial charge in [0.2, 0.25) is 0 Å². The number of rotatable bonds is 6. The molecule has 0 radical (unpaired) electrons. The number of halogens is 4. The first-order chi connectivity index (χ1) is 17.0. The number of cyclic esters (lactones) is 1. The third-order valence-electron chi connectivity index (χ3n) is 6.43. The number of carbonyl (C=O) groups is 1. The fourth-order valence-electron chi connectivity index (χ4n) is 4.45. The summed E-state index contributed by atoms with van der Waals surface area (Å²) in [5.74, 6) is -0.442. The largest absolute Gasteiger partial charge is 0.496 e. The Kier molecular flexibility index (Phi) is 6.93. The van der Waals surface area contributed by atoms with Crippen molar-refractivity contribution < 1.29 is 31.8 Å². The molecule has 1 amide bonds. The van der Waals surface area contributed by atoms with Crippen molar-refractivity contribution >= 4 is 6.09 Å². The molecule has 2 aromatic carbocycles. The molecule has 2 heterocycles. The van der Waals surface area contributed by atoms with Crippen LogP contribution in [0.4, 0.5) is 22.4 Å². The highest BCUT2D eigenvalue weighted by Gasteiger charge is 2.40. The first kappa shape index (κ1) is 25.5. The molecule has 9 heteroatoms. The smallest absolute Gasteiger partial charge is 0.416 e. The summed E-state index contributed by atoms with van der Waals surface area (Å²) in [4.78, 5) is 18.2. The number of methoxy groups -OCH3 is 1. The Bertz CT molecular complexity index is 1260. The van der Waals surface area contributed by atoms with Crippen LogP contribution in [0.5, 0.6) is 5.75 Å². The summed E-state index contributed by atoms with van der Waals surface area (Å²) in [6.45, 7) is 5.28. The van der Waals surface area contributed by atoms with E-state index in [0.717, 1.165) is 17.7 Å². The molecule has 1 aromatic heterocycles. The first-order valence-corrected chi connectivity index (χ1v) is 11.5. The molecule has 1 aliphatic rings. The lowest BCUT2D eigenvalue weighted by Gasteiger charge is -2.24. The SMILES string of the molecule is COc1cc(F)c(C(C)C)cc1-c1ccc(C(F)(F)F)cc1CN1C(=O)OC(c2ccncc2)[C@@H]1C. The average Bonchev–Trinajstić information content (AvgIpc) is 3.12. The molecule has 0 aliphatic carbocycles. The van der Waals surface area contributed by atoms with Crippen LogP contribution in [0.2, 0.25) is 0 Å². The maximum absolute atomic E-state index is 14.6. The molecule has 2 atom stereocenters. The Balaban J connectivity index is 1.81. The number of ether oxygens (including phenoxy) is 2. The second-order valence-electron chi connectivity index (χ2n) is 9.05. The summed E-state index contributed by atoms with van der Waals surface area (Å²) >= 11 is 0. The fraction of sp³-hybridized carbons (Fsp3) is 0.333. The lowest BCUT2D eigenvalue weighted by atomic mass is 9.92. The number of amides is 1. The van der Waals surface area contributed by atoms with Gasteiger partial charge in [-0.25, -0.2) is 9.18 Å². The molecule has 4 rings (SSSR count). The molecule has 0 saturated carbocycles. The molecule has 1 fully saturated rings. The first-order valence-electron chi connectivity index (χ1n) is 11.5. The number of nitrogens with zero attached hydrogens (tertiary/aromatic N) is 2. The van der Waals surface area contributed by atoms with Gasteiger partial charge in [0.15, 0.2) is 0 Å². The van der Waals surface area contributed by atoms with E-state index >= 15 is 0 Å². The zero-order valence-electron chi connectivity index (χ0n) is 20.3. The van der Waals surface area contributed by atoms with Crippen molar-refractivity contribution in [1.82, 2.24) is 9.88 Å². The van der Waals surface area contributed by atoms with Gasteiger partial charge in [0.25, 0.3) is 0 Å². The van der Waals surface area contributed by atoms with E-state index in [1.807, 2.05) is 13.8 Å². The van der Waals surface area contributed by atoms with E-state index < -0.39 is 35.8 Å². The van der Waals surface area contributed by atoms with Gasteiger partial charge in [-0.05, 0) is 65.4 Å². The third kappa shape index (κ3) is 4.87. The molecule has 0 bridgehead atoms. The molecular weight excluding hydrogens is 476 g/mol. The van der Waals surface area contributed by atoms with Crippen LogP contribution in [-0.4, -0.2) is 29.1 Å². The molecule has 1 unspecified atom stereocenters. The summed E-state index contributed by atoms with van der Waals surface area (Å²) in [7, 11) is 1.37. The number of carbonyl (C=O) groups excluding carboxylic acids is 1. The van der Waals surface area contributed by atoms with Crippen LogP contribution in [0.1, 0.15) is 55.0 Å². The van der Waals surface area contributed by atoms with Gasteiger partial charge in [-0.1, -0.05) is 19.9 Å². The molecule has 36 heavy (non-hydrogen) atoms. The normalized spacial score (nSPS) is 18.0. The number of alkyl halides is 3. The molecular formula is C27H26F4N2O3. The van der Waals surface area contributed by atoms with Crippen LogP contribution in [0.15, 0.2) is 54.9 Å². The van der Waals surface area contributed by atoms with E-state index in [0.29, 0.717) is 16.7 Å². The van der Waals surface area contributed by atoms with Crippen LogP contribution in [0, 0.1) is 5.82 Å². The summed E-state index contributed by atoms with van der Waals surface area (Å²) in [5, 5.41) is 0. The molecule has 3 aromatic rings. The predicted octanol–water partition coefficient (Wildman–Crippen LogP) is 7.12. The van der Waals surface area contributed by atoms with Gasteiger partial charge in [0.05, 0.1) is 25.3 Å². The van der Waals surface area contributed by atoms with Crippen molar-refractivity contribution in [2.75, 3.05) is 7.11 Å². The second kappa shape index (κ2) is 9.79. The number of hydrogen-bond donors (Lipinski definition) is 0. The molecule has 190 valence electrons. The lowest BCUT2D eigenvalue weighted by Crippen LogP contribution is -2.31. The minimum Gasteiger partial charge on any atom is -0.496 e. The van der Waals surface area contributed by atoms with E-state index in [1.165, 1.54) is 24.1 Å². The van der Waals surface area contributed by atoms with E-state index in [1.54, 1.807) is 37.5 Å². The van der Waals surface area contributed by atoms with Crippen LogP contribution < -0.4 is 4.74 Å². The van der Waals surface area contributed by atoms with E-state index in [4.69, 9.17) is 9.47 Å².